The Morgan fingerprint density at radius 3 is 2.60 bits per heavy atom. The minimum atomic E-state index is 0.201. The number of nitrogens with one attached hydrogen (secondary N) is 1. The smallest absolute Gasteiger partial charge is 0.0597 e. The SMILES string of the molecule is Cc1cc(CN2CC(C)(C3CC3)NCC2(C)C)n(C)n1. The monoisotopic (exact) mass is 276 g/mol. The maximum Gasteiger partial charge on any atom is 0.0597 e. The third kappa shape index (κ3) is 2.51. The fourth-order valence-corrected chi connectivity index (χ4v) is 3.47. The van der Waals surface area contributed by atoms with Gasteiger partial charge in [-0.2, -0.15) is 5.10 Å². The molecule has 4 heteroatoms. The van der Waals surface area contributed by atoms with Crippen molar-refractivity contribution >= 4 is 0 Å². The van der Waals surface area contributed by atoms with Crippen molar-refractivity contribution in [3.05, 3.63) is 17.5 Å². The van der Waals surface area contributed by atoms with Gasteiger partial charge in [0.2, 0.25) is 0 Å². The summed E-state index contributed by atoms with van der Waals surface area (Å²) in [7, 11) is 2.05. The van der Waals surface area contributed by atoms with Gasteiger partial charge in [0.15, 0.2) is 0 Å². The molecule has 3 rings (SSSR count). The summed E-state index contributed by atoms with van der Waals surface area (Å²) >= 11 is 0. The third-order valence-corrected chi connectivity index (χ3v) is 5.23. The highest BCUT2D eigenvalue weighted by Crippen LogP contribution is 2.42. The maximum absolute atomic E-state index is 4.48. The number of aromatic nitrogens is 2. The summed E-state index contributed by atoms with van der Waals surface area (Å²) < 4.78 is 2.03. The van der Waals surface area contributed by atoms with Crippen LogP contribution in [0.1, 0.15) is 45.0 Å². The van der Waals surface area contributed by atoms with Gasteiger partial charge in [0.25, 0.3) is 0 Å². The van der Waals surface area contributed by atoms with E-state index in [-0.39, 0.29) is 5.54 Å². The number of hydrogen-bond donors (Lipinski definition) is 1. The van der Waals surface area contributed by atoms with Crippen molar-refractivity contribution in [1.29, 1.82) is 0 Å². The van der Waals surface area contributed by atoms with E-state index in [2.05, 4.69) is 56.1 Å². The largest absolute Gasteiger partial charge is 0.308 e. The Bertz CT molecular complexity index is 501. The molecule has 20 heavy (non-hydrogen) atoms. The number of piperazine rings is 1. The van der Waals surface area contributed by atoms with E-state index in [0.717, 1.165) is 31.2 Å². The number of aryl methyl sites for hydroxylation is 2. The molecule has 0 aromatic carbocycles. The Morgan fingerprint density at radius 1 is 1.35 bits per heavy atom. The first-order valence-electron chi connectivity index (χ1n) is 7.80. The first-order chi connectivity index (χ1) is 9.30. The van der Waals surface area contributed by atoms with Crippen LogP contribution in [0.25, 0.3) is 0 Å². The summed E-state index contributed by atoms with van der Waals surface area (Å²) in [4.78, 5) is 2.64. The predicted molar refractivity (Wildman–Crippen MR) is 81.6 cm³/mol. The summed E-state index contributed by atoms with van der Waals surface area (Å²) in [5.74, 6) is 0.870. The Kier molecular flexibility index (Phi) is 3.22. The molecule has 0 bridgehead atoms. The fourth-order valence-electron chi connectivity index (χ4n) is 3.47. The topological polar surface area (TPSA) is 33.1 Å². The van der Waals surface area contributed by atoms with Crippen LogP contribution in [0.3, 0.4) is 0 Å². The van der Waals surface area contributed by atoms with Crippen LogP contribution in [0.4, 0.5) is 0 Å². The van der Waals surface area contributed by atoms with E-state index >= 15 is 0 Å². The molecule has 1 saturated heterocycles. The van der Waals surface area contributed by atoms with Crippen LogP contribution >= 0.6 is 0 Å². The summed E-state index contributed by atoms with van der Waals surface area (Å²) in [6.07, 6.45) is 2.78. The van der Waals surface area contributed by atoms with Gasteiger partial charge in [-0.3, -0.25) is 9.58 Å². The first kappa shape index (κ1) is 14.1. The van der Waals surface area contributed by atoms with Crippen LogP contribution in [0.2, 0.25) is 0 Å². The molecule has 1 aliphatic carbocycles. The molecule has 1 aromatic rings. The molecule has 2 aliphatic rings. The summed E-state index contributed by atoms with van der Waals surface area (Å²) in [5.41, 5.74) is 2.92. The van der Waals surface area contributed by atoms with E-state index in [1.165, 1.54) is 18.5 Å². The maximum atomic E-state index is 4.48. The zero-order valence-electron chi connectivity index (χ0n) is 13.5. The van der Waals surface area contributed by atoms with Gasteiger partial charge in [-0.15, -0.1) is 0 Å². The van der Waals surface area contributed by atoms with Gasteiger partial charge in [-0.1, -0.05) is 0 Å². The zero-order chi connectivity index (χ0) is 14.5. The van der Waals surface area contributed by atoms with E-state index in [0.29, 0.717) is 5.54 Å². The highest BCUT2D eigenvalue weighted by atomic mass is 15.3. The molecule has 1 saturated carbocycles. The second kappa shape index (κ2) is 4.57. The van der Waals surface area contributed by atoms with E-state index in [1.807, 2.05) is 4.68 Å². The van der Waals surface area contributed by atoms with Crippen LogP contribution < -0.4 is 5.32 Å². The van der Waals surface area contributed by atoms with Gasteiger partial charge in [0.05, 0.1) is 11.4 Å². The van der Waals surface area contributed by atoms with Crippen molar-refractivity contribution in [2.24, 2.45) is 13.0 Å². The van der Waals surface area contributed by atoms with Crippen molar-refractivity contribution in [3.63, 3.8) is 0 Å². The van der Waals surface area contributed by atoms with E-state index in [1.54, 1.807) is 0 Å². The molecular formula is C16H28N4. The molecule has 0 amide bonds. The number of nitrogens with zero attached hydrogens (tertiary/aromatic N) is 3. The highest BCUT2D eigenvalue weighted by Gasteiger charge is 2.48. The summed E-state index contributed by atoms with van der Waals surface area (Å²) in [6.45, 7) is 12.4. The van der Waals surface area contributed by atoms with Crippen LogP contribution in [-0.4, -0.2) is 38.8 Å². The van der Waals surface area contributed by atoms with Crippen molar-refractivity contribution < 1.29 is 0 Å². The van der Waals surface area contributed by atoms with Crippen molar-refractivity contribution in [2.45, 2.75) is 58.2 Å². The number of rotatable bonds is 3. The second-order valence-corrected chi connectivity index (χ2v) is 7.61. The standard InChI is InChI=1S/C16H28N4/c1-12-8-14(19(5)18-12)9-20-11-16(4,13-6-7-13)17-10-15(20,2)3/h8,13,17H,6-7,9-11H2,1-5H3. The molecule has 112 valence electrons. The minimum absolute atomic E-state index is 0.201. The highest BCUT2D eigenvalue weighted by molar-refractivity contribution is 5.12. The normalized spacial score (nSPS) is 30.6. The van der Waals surface area contributed by atoms with Crippen LogP contribution in [-0.2, 0) is 13.6 Å². The molecule has 4 nitrogen and oxygen atoms in total. The second-order valence-electron chi connectivity index (χ2n) is 7.61. The van der Waals surface area contributed by atoms with Crippen LogP contribution in [0, 0.1) is 12.8 Å². The van der Waals surface area contributed by atoms with Crippen LogP contribution in [0.5, 0.6) is 0 Å². The first-order valence-corrected chi connectivity index (χ1v) is 7.80. The molecule has 1 unspecified atom stereocenters. The van der Waals surface area contributed by atoms with Gasteiger partial charge < -0.3 is 5.32 Å². The summed E-state index contributed by atoms with van der Waals surface area (Å²) in [6, 6.07) is 2.21. The minimum Gasteiger partial charge on any atom is -0.308 e. The van der Waals surface area contributed by atoms with E-state index in [9.17, 15) is 0 Å². The molecule has 2 heterocycles. The lowest BCUT2D eigenvalue weighted by molar-refractivity contribution is 0.0161. The molecule has 1 aliphatic heterocycles. The van der Waals surface area contributed by atoms with Crippen molar-refractivity contribution in [1.82, 2.24) is 20.0 Å². The lowest BCUT2D eigenvalue weighted by atomic mass is 9.86. The predicted octanol–water partition coefficient (Wildman–Crippen LogP) is 2.08. The lowest BCUT2D eigenvalue weighted by Crippen LogP contribution is -2.67. The van der Waals surface area contributed by atoms with Gasteiger partial charge >= 0.3 is 0 Å². The molecule has 0 spiro atoms. The average molecular weight is 276 g/mol. The van der Waals surface area contributed by atoms with Crippen LogP contribution in [0.15, 0.2) is 6.07 Å². The molecule has 1 aromatic heterocycles. The van der Waals surface area contributed by atoms with Gasteiger partial charge in [-0.25, -0.2) is 0 Å². The lowest BCUT2D eigenvalue weighted by Gasteiger charge is -2.51. The van der Waals surface area contributed by atoms with E-state index < -0.39 is 0 Å². The van der Waals surface area contributed by atoms with Crippen molar-refractivity contribution in [2.75, 3.05) is 13.1 Å². The Morgan fingerprint density at radius 2 is 2.05 bits per heavy atom. The average Bonchev–Trinajstić information content (AvgIpc) is 3.14. The molecule has 1 N–H and O–H groups in total. The Labute approximate surface area is 122 Å². The zero-order valence-corrected chi connectivity index (χ0v) is 13.5. The quantitative estimate of drug-likeness (QED) is 0.917. The molecule has 2 fully saturated rings. The molecule has 0 radical (unpaired) electrons. The Balaban J connectivity index is 1.79. The fraction of sp³-hybridized carbons (Fsp3) is 0.812. The molecular weight excluding hydrogens is 248 g/mol. The van der Waals surface area contributed by atoms with Gasteiger partial charge in [0, 0.05) is 37.8 Å². The van der Waals surface area contributed by atoms with Gasteiger partial charge in [-0.05, 0) is 52.5 Å². The Hall–Kier alpha value is -0.870. The summed E-state index contributed by atoms with van der Waals surface area (Å²) in [5, 5.41) is 8.30. The van der Waals surface area contributed by atoms with E-state index in [4.69, 9.17) is 0 Å². The molecule has 1 atom stereocenters. The third-order valence-electron chi connectivity index (χ3n) is 5.23. The van der Waals surface area contributed by atoms with Gasteiger partial charge in [0.1, 0.15) is 0 Å². The number of hydrogen-bond acceptors (Lipinski definition) is 3. The van der Waals surface area contributed by atoms with Crippen molar-refractivity contribution in [3.8, 4) is 0 Å².